The molecule has 0 heterocycles. The Kier molecular flexibility index (Phi) is 6.52. The third-order valence-corrected chi connectivity index (χ3v) is 2.88. The lowest BCUT2D eigenvalue weighted by Gasteiger charge is -2.24. The van der Waals surface area contributed by atoms with Crippen LogP contribution in [0.2, 0.25) is 0 Å². The Hall–Kier alpha value is -2.08. The van der Waals surface area contributed by atoms with Crippen LogP contribution < -0.4 is 5.32 Å². The Morgan fingerprint density at radius 1 is 1.30 bits per heavy atom. The number of rotatable bonds is 7. The average molecular weight is 280 g/mol. The zero-order chi connectivity index (χ0) is 15.0. The summed E-state index contributed by atoms with van der Waals surface area (Å²) in [6.45, 7) is 1.98. The van der Waals surface area contributed by atoms with E-state index in [0.29, 0.717) is 13.0 Å². The lowest BCUT2D eigenvalue weighted by atomic mass is 10.2. The number of carboxylic acid groups (broad SMARTS) is 1. The number of amides is 2. The zero-order valence-corrected chi connectivity index (χ0v) is 11.5. The van der Waals surface area contributed by atoms with Gasteiger partial charge in [0.05, 0.1) is 6.61 Å². The zero-order valence-electron chi connectivity index (χ0n) is 11.5. The molecule has 0 aromatic heterocycles. The van der Waals surface area contributed by atoms with Gasteiger partial charge in [-0.05, 0) is 12.0 Å². The molecule has 0 aliphatic rings. The highest BCUT2D eigenvalue weighted by Crippen LogP contribution is 2.05. The van der Waals surface area contributed by atoms with Gasteiger partial charge in [-0.2, -0.15) is 0 Å². The second-order valence-electron chi connectivity index (χ2n) is 4.38. The first kappa shape index (κ1) is 16.0. The third-order valence-electron chi connectivity index (χ3n) is 2.88. The van der Waals surface area contributed by atoms with Gasteiger partial charge in [-0.1, -0.05) is 37.3 Å². The quantitative estimate of drug-likeness (QED) is 0.696. The van der Waals surface area contributed by atoms with Crippen molar-refractivity contribution in [3.63, 3.8) is 0 Å². The number of urea groups is 1. The molecule has 0 spiro atoms. The molecule has 6 nitrogen and oxygen atoms in total. The SMILES string of the molecule is CC[C@@H](NC(=O)N(CCO)Cc1ccccc1)C(=O)O. The third kappa shape index (κ3) is 4.89. The van der Waals surface area contributed by atoms with Crippen molar-refractivity contribution in [1.29, 1.82) is 0 Å². The molecular weight excluding hydrogens is 260 g/mol. The smallest absolute Gasteiger partial charge is 0.326 e. The van der Waals surface area contributed by atoms with E-state index < -0.39 is 18.0 Å². The number of hydrogen-bond acceptors (Lipinski definition) is 3. The van der Waals surface area contributed by atoms with Gasteiger partial charge >= 0.3 is 12.0 Å². The first-order chi connectivity index (χ1) is 9.58. The highest BCUT2D eigenvalue weighted by Gasteiger charge is 2.21. The van der Waals surface area contributed by atoms with Gasteiger partial charge in [-0.3, -0.25) is 0 Å². The molecule has 0 fully saturated rings. The summed E-state index contributed by atoms with van der Waals surface area (Å²) in [5.41, 5.74) is 0.916. The number of benzene rings is 1. The van der Waals surface area contributed by atoms with E-state index in [4.69, 9.17) is 10.2 Å². The number of aliphatic hydroxyl groups excluding tert-OH is 1. The molecule has 0 saturated heterocycles. The fraction of sp³-hybridized carbons (Fsp3) is 0.429. The van der Waals surface area contributed by atoms with E-state index in [2.05, 4.69) is 5.32 Å². The van der Waals surface area contributed by atoms with Gasteiger partial charge in [0.15, 0.2) is 0 Å². The van der Waals surface area contributed by atoms with Crippen LogP contribution in [0.5, 0.6) is 0 Å². The largest absolute Gasteiger partial charge is 0.480 e. The summed E-state index contributed by atoms with van der Waals surface area (Å²) in [7, 11) is 0. The number of nitrogens with zero attached hydrogens (tertiary/aromatic N) is 1. The molecule has 3 N–H and O–H groups in total. The summed E-state index contributed by atoms with van der Waals surface area (Å²) in [5.74, 6) is -1.07. The Bertz CT molecular complexity index is 436. The lowest BCUT2D eigenvalue weighted by Crippen LogP contribution is -2.48. The van der Waals surface area contributed by atoms with E-state index in [1.54, 1.807) is 6.92 Å². The van der Waals surface area contributed by atoms with Crippen molar-refractivity contribution < 1.29 is 19.8 Å². The fourth-order valence-electron chi connectivity index (χ4n) is 1.76. The number of aliphatic hydroxyl groups is 1. The Labute approximate surface area is 118 Å². The maximum Gasteiger partial charge on any atom is 0.326 e. The Morgan fingerprint density at radius 3 is 2.45 bits per heavy atom. The number of hydrogen-bond donors (Lipinski definition) is 3. The molecule has 20 heavy (non-hydrogen) atoms. The highest BCUT2D eigenvalue weighted by atomic mass is 16.4. The topological polar surface area (TPSA) is 89.9 Å². The molecule has 1 aromatic rings. The predicted octanol–water partition coefficient (Wildman–Crippen LogP) is 1.05. The van der Waals surface area contributed by atoms with Gasteiger partial charge in [-0.25, -0.2) is 9.59 Å². The summed E-state index contributed by atoms with van der Waals surface area (Å²) in [6, 6.07) is 7.92. The molecule has 0 aliphatic heterocycles. The summed E-state index contributed by atoms with van der Waals surface area (Å²) < 4.78 is 0. The van der Waals surface area contributed by atoms with Crippen molar-refractivity contribution in [3.8, 4) is 0 Å². The Morgan fingerprint density at radius 2 is 1.95 bits per heavy atom. The van der Waals surface area contributed by atoms with Crippen LogP contribution in [0.1, 0.15) is 18.9 Å². The van der Waals surface area contributed by atoms with Gasteiger partial charge in [0, 0.05) is 13.1 Å². The van der Waals surface area contributed by atoms with E-state index in [-0.39, 0.29) is 13.2 Å². The minimum atomic E-state index is -1.07. The van der Waals surface area contributed by atoms with Crippen molar-refractivity contribution in [2.75, 3.05) is 13.2 Å². The van der Waals surface area contributed by atoms with Crippen molar-refractivity contribution >= 4 is 12.0 Å². The fourth-order valence-corrected chi connectivity index (χ4v) is 1.76. The standard InChI is InChI=1S/C14H20N2O4/c1-2-12(13(18)19)15-14(20)16(8-9-17)10-11-6-4-3-5-7-11/h3-7,12,17H,2,8-10H2,1H3,(H,15,20)(H,18,19)/t12-/m1/s1. The second-order valence-corrected chi connectivity index (χ2v) is 4.38. The average Bonchev–Trinajstić information content (AvgIpc) is 2.44. The number of nitrogens with one attached hydrogen (secondary N) is 1. The molecule has 0 unspecified atom stereocenters. The maximum absolute atomic E-state index is 12.1. The molecule has 0 bridgehead atoms. The van der Waals surface area contributed by atoms with Crippen LogP contribution >= 0.6 is 0 Å². The van der Waals surface area contributed by atoms with Crippen molar-refractivity contribution in [3.05, 3.63) is 35.9 Å². The van der Waals surface area contributed by atoms with E-state index in [9.17, 15) is 9.59 Å². The van der Waals surface area contributed by atoms with Crippen LogP contribution in [-0.2, 0) is 11.3 Å². The monoisotopic (exact) mass is 280 g/mol. The van der Waals surface area contributed by atoms with Crippen molar-refractivity contribution in [2.45, 2.75) is 25.9 Å². The molecule has 0 saturated carbocycles. The molecule has 0 radical (unpaired) electrons. The van der Waals surface area contributed by atoms with Crippen LogP contribution in [0.15, 0.2) is 30.3 Å². The van der Waals surface area contributed by atoms with E-state index in [1.807, 2.05) is 30.3 Å². The molecule has 6 heteroatoms. The van der Waals surface area contributed by atoms with Gasteiger partial charge in [0.1, 0.15) is 6.04 Å². The minimum Gasteiger partial charge on any atom is -0.480 e. The molecule has 1 rings (SSSR count). The lowest BCUT2D eigenvalue weighted by molar-refractivity contribution is -0.139. The minimum absolute atomic E-state index is 0.150. The van der Waals surface area contributed by atoms with Crippen molar-refractivity contribution in [2.24, 2.45) is 0 Å². The van der Waals surface area contributed by atoms with E-state index in [0.717, 1.165) is 5.56 Å². The van der Waals surface area contributed by atoms with Gasteiger partial charge in [0.25, 0.3) is 0 Å². The van der Waals surface area contributed by atoms with Crippen LogP contribution in [-0.4, -0.2) is 46.3 Å². The molecule has 2 amide bonds. The maximum atomic E-state index is 12.1. The van der Waals surface area contributed by atoms with Gasteiger partial charge in [0.2, 0.25) is 0 Å². The molecule has 110 valence electrons. The number of carboxylic acids is 1. The number of carbonyl (C=O) groups excluding carboxylic acids is 1. The first-order valence-corrected chi connectivity index (χ1v) is 6.51. The van der Waals surface area contributed by atoms with Crippen LogP contribution in [0, 0.1) is 0 Å². The molecule has 1 atom stereocenters. The van der Waals surface area contributed by atoms with Gasteiger partial charge < -0.3 is 20.4 Å². The first-order valence-electron chi connectivity index (χ1n) is 6.51. The van der Waals surface area contributed by atoms with Crippen LogP contribution in [0.3, 0.4) is 0 Å². The Balaban J connectivity index is 2.69. The second kappa shape index (κ2) is 8.16. The normalized spacial score (nSPS) is 11.7. The number of carbonyl (C=O) groups is 2. The highest BCUT2D eigenvalue weighted by molar-refractivity contribution is 5.82. The molecule has 0 aliphatic carbocycles. The summed E-state index contributed by atoms with van der Waals surface area (Å²) in [6.07, 6.45) is 0.305. The summed E-state index contributed by atoms with van der Waals surface area (Å²) in [4.78, 5) is 24.4. The van der Waals surface area contributed by atoms with E-state index >= 15 is 0 Å². The summed E-state index contributed by atoms with van der Waals surface area (Å²) >= 11 is 0. The molecular formula is C14H20N2O4. The summed E-state index contributed by atoms with van der Waals surface area (Å²) in [5, 5.41) is 20.4. The molecule has 1 aromatic carbocycles. The van der Waals surface area contributed by atoms with Gasteiger partial charge in [-0.15, -0.1) is 0 Å². The van der Waals surface area contributed by atoms with Crippen LogP contribution in [0.4, 0.5) is 4.79 Å². The number of aliphatic carboxylic acids is 1. The van der Waals surface area contributed by atoms with Crippen molar-refractivity contribution in [1.82, 2.24) is 10.2 Å². The van der Waals surface area contributed by atoms with E-state index in [1.165, 1.54) is 4.90 Å². The van der Waals surface area contributed by atoms with Crippen LogP contribution in [0.25, 0.3) is 0 Å². The predicted molar refractivity (Wildman–Crippen MR) is 74.2 cm³/mol.